The van der Waals surface area contributed by atoms with Gasteiger partial charge in [0.05, 0.1) is 0 Å². The molecule has 1 aliphatic carbocycles. The van der Waals surface area contributed by atoms with Crippen LogP contribution in [-0.4, -0.2) is 20.4 Å². The first-order chi connectivity index (χ1) is 24.2. The van der Waals surface area contributed by atoms with Gasteiger partial charge in [-0.2, -0.15) is 0 Å². The van der Waals surface area contributed by atoms with Crippen LogP contribution in [0.2, 0.25) is 0 Å². The lowest BCUT2D eigenvalue weighted by atomic mass is 9.64. The van der Waals surface area contributed by atoms with Gasteiger partial charge in [0.15, 0.2) is 0 Å². The van der Waals surface area contributed by atoms with Crippen molar-refractivity contribution < 1.29 is 20.4 Å². The number of rotatable bonds is 8. The molecule has 1 aliphatic rings. The molecule has 0 heterocycles. The van der Waals surface area contributed by atoms with Crippen molar-refractivity contribution in [3.63, 3.8) is 0 Å². The van der Waals surface area contributed by atoms with Crippen molar-refractivity contribution in [3.05, 3.63) is 166 Å². The Bertz CT molecular complexity index is 2000. The number of phenolic OH excluding ortho intramolecular Hbond substituents is 4. The van der Waals surface area contributed by atoms with Crippen molar-refractivity contribution >= 4 is 0 Å². The van der Waals surface area contributed by atoms with Crippen LogP contribution in [0, 0.1) is 13.8 Å². The zero-order valence-electron chi connectivity index (χ0n) is 28.8. The number of phenols is 4. The second-order valence-corrected chi connectivity index (χ2v) is 14.0. The number of aryl methyl sites for hydroxylation is 2. The first-order valence-electron chi connectivity index (χ1n) is 17.6. The third-order valence-electron chi connectivity index (χ3n) is 10.8. The Hall–Kier alpha value is -5.48. The normalized spacial score (nSPS) is 14.0. The Kier molecular flexibility index (Phi) is 9.12. The van der Waals surface area contributed by atoms with Gasteiger partial charge in [-0.3, -0.25) is 0 Å². The van der Waals surface area contributed by atoms with E-state index in [9.17, 15) is 20.4 Å². The Labute approximate surface area is 295 Å². The zero-order chi connectivity index (χ0) is 34.8. The van der Waals surface area contributed by atoms with Crippen molar-refractivity contribution in [1.29, 1.82) is 0 Å². The average Bonchev–Trinajstić information content (AvgIpc) is 3.13. The molecular weight excluding hydrogens is 617 g/mol. The first kappa shape index (κ1) is 33.0. The molecule has 252 valence electrons. The van der Waals surface area contributed by atoms with E-state index in [0.29, 0.717) is 12.8 Å². The highest BCUT2D eigenvalue weighted by Gasteiger charge is 2.38. The number of benzene rings is 6. The quantitative estimate of drug-likeness (QED) is 0.131. The summed E-state index contributed by atoms with van der Waals surface area (Å²) in [5, 5.41) is 44.0. The van der Waals surface area contributed by atoms with Gasteiger partial charge in [0, 0.05) is 29.4 Å². The van der Waals surface area contributed by atoms with E-state index in [4.69, 9.17) is 0 Å². The van der Waals surface area contributed by atoms with E-state index in [1.165, 1.54) is 0 Å². The number of aromatic hydroxyl groups is 4. The summed E-state index contributed by atoms with van der Waals surface area (Å²) in [7, 11) is 0. The second-order valence-electron chi connectivity index (χ2n) is 14.0. The van der Waals surface area contributed by atoms with E-state index in [1.54, 1.807) is 24.3 Å². The predicted molar refractivity (Wildman–Crippen MR) is 202 cm³/mol. The third kappa shape index (κ3) is 6.46. The number of hydrogen-bond donors (Lipinski definition) is 4. The maximum atomic E-state index is 11.9. The van der Waals surface area contributed by atoms with Crippen LogP contribution in [0.3, 0.4) is 0 Å². The van der Waals surface area contributed by atoms with Gasteiger partial charge in [-0.05, 0) is 119 Å². The van der Waals surface area contributed by atoms with E-state index in [0.717, 1.165) is 98.9 Å². The van der Waals surface area contributed by atoms with Gasteiger partial charge in [0.2, 0.25) is 0 Å². The van der Waals surface area contributed by atoms with Crippen LogP contribution in [0.5, 0.6) is 23.0 Å². The van der Waals surface area contributed by atoms with E-state index in [2.05, 4.69) is 24.3 Å². The maximum absolute atomic E-state index is 11.9. The Morgan fingerprint density at radius 3 is 1.28 bits per heavy atom. The maximum Gasteiger partial charge on any atom is 0.126 e. The topological polar surface area (TPSA) is 80.9 Å². The fourth-order valence-electron chi connectivity index (χ4n) is 7.95. The molecular formula is C46H44O4. The summed E-state index contributed by atoms with van der Waals surface area (Å²) in [6.07, 6.45) is 6.24. The summed E-state index contributed by atoms with van der Waals surface area (Å²) in [5.74, 6) is 1.01. The fraction of sp³-hybridized carbons (Fsp3) is 0.217. The lowest BCUT2D eigenvalue weighted by Gasteiger charge is -2.40. The van der Waals surface area contributed by atoms with Crippen LogP contribution in [-0.2, 0) is 18.3 Å². The van der Waals surface area contributed by atoms with Gasteiger partial charge in [0.25, 0.3) is 0 Å². The highest BCUT2D eigenvalue weighted by atomic mass is 16.3. The predicted octanol–water partition coefficient (Wildman–Crippen LogP) is 10.9. The van der Waals surface area contributed by atoms with Crippen molar-refractivity contribution in [1.82, 2.24) is 0 Å². The molecule has 0 saturated heterocycles. The molecule has 1 saturated carbocycles. The van der Waals surface area contributed by atoms with E-state index >= 15 is 0 Å². The Balaban J connectivity index is 1.46. The van der Waals surface area contributed by atoms with Crippen LogP contribution in [0.15, 0.2) is 121 Å². The lowest BCUT2D eigenvalue weighted by molar-refractivity contribution is 0.345. The average molecular weight is 661 g/mol. The minimum atomic E-state index is -0.357. The summed E-state index contributed by atoms with van der Waals surface area (Å²) >= 11 is 0. The van der Waals surface area contributed by atoms with E-state index < -0.39 is 0 Å². The minimum absolute atomic E-state index is 0.232. The molecule has 50 heavy (non-hydrogen) atoms. The monoisotopic (exact) mass is 660 g/mol. The molecule has 4 heteroatoms. The molecule has 6 aromatic rings. The van der Waals surface area contributed by atoms with Crippen LogP contribution in [0.25, 0.3) is 22.3 Å². The van der Waals surface area contributed by atoms with Crippen LogP contribution < -0.4 is 0 Å². The van der Waals surface area contributed by atoms with Gasteiger partial charge in [-0.15, -0.1) is 0 Å². The molecule has 1 fully saturated rings. The van der Waals surface area contributed by atoms with E-state index in [1.807, 2.05) is 86.6 Å². The Morgan fingerprint density at radius 1 is 0.460 bits per heavy atom. The van der Waals surface area contributed by atoms with Gasteiger partial charge in [-0.1, -0.05) is 104 Å². The molecule has 7 rings (SSSR count). The molecule has 4 nitrogen and oxygen atoms in total. The van der Waals surface area contributed by atoms with Gasteiger partial charge < -0.3 is 20.4 Å². The number of hydrogen-bond acceptors (Lipinski definition) is 4. The third-order valence-corrected chi connectivity index (χ3v) is 10.8. The summed E-state index contributed by atoms with van der Waals surface area (Å²) in [4.78, 5) is 0. The standard InChI is InChI=1S/C46H44O4/c1-30-22-40(47)18-16-34(30)24-36-26-38(28-42(44(36)49)32-12-6-3-7-13-32)46(20-10-5-11-21-46)39-27-37(25-35-17-19-41(48)23-31(35)2)45(50)43(29-39)33-14-8-4-9-15-33/h3-4,6-9,12-19,22-23,26-29,47-50H,5,10-11,20-21,24-25H2,1-2H3. The van der Waals surface area contributed by atoms with Crippen molar-refractivity contribution in [2.45, 2.75) is 64.2 Å². The molecule has 4 N–H and O–H groups in total. The molecule has 0 aliphatic heterocycles. The largest absolute Gasteiger partial charge is 0.508 e. The molecule has 0 aromatic heterocycles. The highest BCUT2D eigenvalue weighted by Crippen LogP contribution is 2.50. The molecule has 0 bridgehead atoms. The summed E-state index contributed by atoms with van der Waals surface area (Å²) < 4.78 is 0. The van der Waals surface area contributed by atoms with Crippen molar-refractivity contribution in [3.8, 4) is 45.3 Å². The summed E-state index contributed by atoms with van der Waals surface area (Å²) in [6.45, 7) is 3.99. The van der Waals surface area contributed by atoms with Crippen LogP contribution >= 0.6 is 0 Å². The van der Waals surface area contributed by atoms with Gasteiger partial charge in [-0.25, -0.2) is 0 Å². The molecule has 0 amide bonds. The second kappa shape index (κ2) is 13.8. The molecule has 0 spiro atoms. The molecule has 0 radical (unpaired) electrons. The van der Waals surface area contributed by atoms with Crippen molar-refractivity contribution in [2.75, 3.05) is 0 Å². The van der Waals surface area contributed by atoms with Crippen LogP contribution in [0.4, 0.5) is 0 Å². The zero-order valence-corrected chi connectivity index (χ0v) is 28.8. The smallest absolute Gasteiger partial charge is 0.126 e. The van der Waals surface area contributed by atoms with E-state index in [-0.39, 0.29) is 28.4 Å². The SMILES string of the molecule is Cc1cc(O)ccc1Cc1cc(C2(c3cc(Cc4ccc(O)cc4C)c(O)c(-c4ccccc4)c3)CCCCC2)cc(-c2ccccc2)c1O. The lowest BCUT2D eigenvalue weighted by Crippen LogP contribution is -2.31. The first-order valence-corrected chi connectivity index (χ1v) is 17.6. The fourth-order valence-corrected chi connectivity index (χ4v) is 7.95. The highest BCUT2D eigenvalue weighted by molar-refractivity contribution is 5.76. The summed E-state index contributed by atoms with van der Waals surface area (Å²) in [5.41, 5.74) is 11.3. The van der Waals surface area contributed by atoms with Gasteiger partial charge >= 0.3 is 0 Å². The van der Waals surface area contributed by atoms with Crippen LogP contribution in [0.1, 0.15) is 76.6 Å². The molecule has 0 atom stereocenters. The molecule has 6 aromatic carbocycles. The summed E-state index contributed by atoms with van der Waals surface area (Å²) in [6, 6.07) is 39.9. The van der Waals surface area contributed by atoms with Crippen molar-refractivity contribution in [2.24, 2.45) is 0 Å². The minimum Gasteiger partial charge on any atom is -0.508 e. The Morgan fingerprint density at radius 2 is 0.880 bits per heavy atom. The van der Waals surface area contributed by atoms with Gasteiger partial charge in [0.1, 0.15) is 23.0 Å². The molecule has 0 unspecified atom stereocenters.